The number of aromatic nitrogens is 5. The SMILES string of the molecule is CCCCOc1ccccc1-c1cc2c(=O)n(Cc3nc(-c4cccc(OC)c4)no3)ccn2n1. The molecule has 0 unspecified atom stereocenters. The topological polar surface area (TPSA) is 96.7 Å². The number of rotatable bonds is 9. The van der Waals surface area contributed by atoms with Gasteiger partial charge in [-0.3, -0.25) is 4.79 Å². The van der Waals surface area contributed by atoms with Gasteiger partial charge in [-0.15, -0.1) is 0 Å². The molecule has 0 atom stereocenters. The highest BCUT2D eigenvalue weighted by Crippen LogP contribution is 2.29. The van der Waals surface area contributed by atoms with E-state index in [2.05, 4.69) is 22.2 Å². The quantitative estimate of drug-likeness (QED) is 0.293. The van der Waals surface area contributed by atoms with Crippen LogP contribution in [0.2, 0.25) is 0 Å². The Kier molecular flexibility index (Phi) is 6.30. The zero-order chi connectivity index (χ0) is 24.2. The zero-order valence-corrected chi connectivity index (χ0v) is 19.5. The van der Waals surface area contributed by atoms with Gasteiger partial charge in [0.25, 0.3) is 5.56 Å². The van der Waals surface area contributed by atoms with Crippen LogP contribution in [-0.2, 0) is 6.54 Å². The lowest BCUT2D eigenvalue weighted by atomic mass is 10.1. The van der Waals surface area contributed by atoms with Crippen LogP contribution in [-0.4, -0.2) is 38.0 Å². The smallest absolute Gasteiger partial charge is 0.277 e. The Morgan fingerprint density at radius 2 is 1.94 bits per heavy atom. The standard InChI is InChI=1S/C26H25N5O4/c1-3-4-14-34-23-11-6-5-10-20(23)21-16-22-26(32)30(12-13-31(22)28-21)17-24-27-25(29-35-24)18-8-7-9-19(15-18)33-2/h5-13,15-16H,3-4,14,17H2,1-2H3. The molecule has 35 heavy (non-hydrogen) atoms. The summed E-state index contributed by atoms with van der Waals surface area (Å²) in [5.74, 6) is 2.20. The Bertz CT molecular complexity index is 1520. The van der Waals surface area contributed by atoms with Crippen LogP contribution in [0, 0.1) is 0 Å². The lowest BCUT2D eigenvalue weighted by Gasteiger charge is -2.09. The highest BCUT2D eigenvalue weighted by atomic mass is 16.5. The van der Waals surface area contributed by atoms with Crippen molar-refractivity contribution in [3.05, 3.63) is 83.2 Å². The Morgan fingerprint density at radius 1 is 1.06 bits per heavy atom. The van der Waals surface area contributed by atoms with Crippen molar-refractivity contribution in [1.82, 2.24) is 24.3 Å². The maximum Gasteiger partial charge on any atom is 0.277 e. The van der Waals surface area contributed by atoms with Gasteiger partial charge in [-0.1, -0.05) is 42.8 Å². The minimum atomic E-state index is -0.211. The van der Waals surface area contributed by atoms with E-state index in [-0.39, 0.29) is 12.1 Å². The summed E-state index contributed by atoms with van der Waals surface area (Å²) < 4.78 is 19.7. The summed E-state index contributed by atoms with van der Waals surface area (Å²) >= 11 is 0. The predicted molar refractivity (Wildman–Crippen MR) is 131 cm³/mol. The van der Waals surface area contributed by atoms with Crippen molar-refractivity contribution in [2.24, 2.45) is 0 Å². The van der Waals surface area contributed by atoms with Gasteiger partial charge >= 0.3 is 0 Å². The summed E-state index contributed by atoms with van der Waals surface area (Å²) in [6.45, 7) is 2.90. The molecule has 9 nitrogen and oxygen atoms in total. The van der Waals surface area contributed by atoms with Gasteiger partial charge < -0.3 is 18.6 Å². The molecule has 0 saturated heterocycles. The Hall–Kier alpha value is -4.40. The summed E-state index contributed by atoms with van der Waals surface area (Å²) in [6.07, 6.45) is 5.42. The first kappa shape index (κ1) is 22.4. The van der Waals surface area contributed by atoms with Crippen LogP contribution in [0.3, 0.4) is 0 Å². The van der Waals surface area contributed by atoms with E-state index in [4.69, 9.17) is 14.0 Å². The fraction of sp³-hybridized carbons (Fsp3) is 0.231. The van der Waals surface area contributed by atoms with E-state index in [0.717, 1.165) is 29.7 Å². The van der Waals surface area contributed by atoms with E-state index in [1.807, 2.05) is 48.5 Å². The first-order valence-corrected chi connectivity index (χ1v) is 11.4. The van der Waals surface area contributed by atoms with Crippen molar-refractivity contribution in [2.75, 3.05) is 13.7 Å². The van der Waals surface area contributed by atoms with Crippen LogP contribution in [0.15, 0.2) is 76.3 Å². The van der Waals surface area contributed by atoms with Crippen LogP contribution < -0.4 is 15.0 Å². The minimum absolute atomic E-state index is 0.142. The van der Waals surface area contributed by atoms with Gasteiger partial charge in [0, 0.05) is 23.5 Å². The number of fused-ring (bicyclic) bond motifs is 1. The lowest BCUT2D eigenvalue weighted by molar-refractivity contribution is 0.310. The Morgan fingerprint density at radius 3 is 2.80 bits per heavy atom. The highest BCUT2D eigenvalue weighted by Gasteiger charge is 2.15. The summed E-state index contributed by atoms with van der Waals surface area (Å²) in [7, 11) is 1.60. The first-order valence-electron chi connectivity index (χ1n) is 11.4. The largest absolute Gasteiger partial charge is 0.497 e. The zero-order valence-electron chi connectivity index (χ0n) is 19.5. The number of benzene rings is 2. The molecule has 5 aromatic rings. The molecule has 0 bridgehead atoms. The normalized spacial score (nSPS) is 11.1. The molecule has 0 radical (unpaired) electrons. The molecular weight excluding hydrogens is 446 g/mol. The molecule has 0 aliphatic heterocycles. The molecule has 178 valence electrons. The van der Waals surface area contributed by atoms with Crippen LogP contribution in [0.4, 0.5) is 0 Å². The molecule has 0 saturated carbocycles. The molecular formula is C26H25N5O4. The lowest BCUT2D eigenvalue weighted by Crippen LogP contribution is -2.21. The number of hydrogen-bond acceptors (Lipinski definition) is 7. The number of methoxy groups -OCH3 is 1. The van der Waals surface area contributed by atoms with Gasteiger partial charge in [-0.05, 0) is 36.8 Å². The monoisotopic (exact) mass is 471 g/mol. The van der Waals surface area contributed by atoms with Gasteiger partial charge in [-0.25, -0.2) is 4.52 Å². The van der Waals surface area contributed by atoms with E-state index in [0.29, 0.717) is 35.3 Å². The van der Waals surface area contributed by atoms with E-state index < -0.39 is 0 Å². The average Bonchev–Trinajstić information content (AvgIpc) is 3.54. The molecule has 0 spiro atoms. The second kappa shape index (κ2) is 9.84. The third kappa shape index (κ3) is 4.65. The minimum Gasteiger partial charge on any atom is -0.497 e. The highest BCUT2D eigenvalue weighted by molar-refractivity contribution is 5.71. The van der Waals surface area contributed by atoms with E-state index >= 15 is 0 Å². The van der Waals surface area contributed by atoms with Crippen molar-refractivity contribution in [2.45, 2.75) is 26.3 Å². The van der Waals surface area contributed by atoms with Gasteiger partial charge in [-0.2, -0.15) is 10.1 Å². The fourth-order valence-corrected chi connectivity index (χ4v) is 3.76. The van der Waals surface area contributed by atoms with Crippen molar-refractivity contribution < 1.29 is 14.0 Å². The summed E-state index contributed by atoms with van der Waals surface area (Å²) in [5, 5.41) is 8.65. The Labute approximate surface area is 201 Å². The number of unbranched alkanes of at least 4 members (excludes halogenated alkanes) is 1. The predicted octanol–water partition coefficient (Wildman–Crippen LogP) is 4.45. The fourth-order valence-electron chi connectivity index (χ4n) is 3.76. The van der Waals surface area contributed by atoms with Crippen LogP contribution in [0.25, 0.3) is 28.2 Å². The van der Waals surface area contributed by atoms with Crippen molar-refractivity contribution in [3.8, 4) is 34.1 Å². The van der Waals surface area contributed by atoms with E-state index in [1.54, 1.807) is 30.1 Å². The number of nitrogens with zero attached hydrogens (tertiary/aromatic N) is 5. The maximum absolute atomic E-state index is 13.2. The second-order valence-corrected chi connectivity index (χ2v) is 8.03. The number of para-hydroxylation sites is 1. The van der Waals surface area contributed by atoms with Crippen LogP contribution in [0.5, 0.6) is 11.5 Å². The van der Waals surface area contributed by atoms with Crippen LogP contribution >= 0.6 is 0 Å². The third-order valence-corrected chi connectivity index (χ3v) is 5.62. The van der Waals surface area contributed by atoms with Gasteiger partial charge in [0.2, 0.25) is 11.7 Å². The summed E-state index contributed by atoms with van der Waals surface area (Å²) in [6, 6.07) is 16.9. The number of ether oxygens (including phenoxy) is 2. The van der Waals surface area contributed by atoms with Crippen molar-refractivity contribution >= 4 is 5.52 Å². The number of hydrogen-bond donors (Lipinski definition) is 0. The van der Waals surface area contributed by atoms with Crippen LogP contribution in [0.1, 0.15) is 25.7 Å². The van der Waals surface area contributed by atoms with Crippen molar-refractivity contribution in [3.63, 3.8) is 0 Å². The van der Waals surface area contributed by atoms with Gasteiger partial charge in [0.15, 0.2) is 0 Å². The second-order valence-electron chi connectivity index (χ2n) is 8.03. The molecule has 0 fully saturated rings. The molecule has 9 heteroatoms. The average molecular weight is 472 g/mol. The van der Waals surface area contributed by atoms with Gasteiger partial charge in [0.1, 0.15) is 23.6 Å². The molecule has 5 rings (SSSR count). The van der Waals surface area contributed by atoms with Gasteiger partial charge in [0.05, 0.1) is 19.4 Å². The van der Waals surface area contributed by atoms with E-state index in [9.17, 15) is 4.79 Å². The molecule has 3 heterocycles. The molecule has 3 aromatic heterocycles. The molecule has 2 aromatic carbocycles. The first-order chi connectivity index (χ1) is 17.2. The molecule has 0 aliphatic rings. The third-order valence-electron chi connectivity index (χ3n) is 5.62. The maximum atomic E-state index is 13.2. The molecule has 0 amide bonds. The van der Waals surface area contributed by atoms with E-state index in [1.165, 1.54) is 4.57 Å². The Balaban J connectivity index is 1.42. The molecule has 0 N–H and O–H groups in total. The summed E-state index contributed by atoms with van der Waals surface area (Å²) in [4.78, 5) is 17.6. The van der Waals surface area contributed by atoms with Crippen molar-refractivity contribution in [1.29, 1.82) is 0 Å². The summed E-state index contributed by atoms with van der Waals surface area (Å²) in [5.41, 5.74) is 2.51. The molecule has 0 aliphatic carbocycles.